The van der Waals surface area contributed by atoms with E-state index in [9.17, 15) is 0 Å². The highest BCUT2D eigenvalue weighted by Crippen LogP contribution is 2.46. The zero-order valence-electron chi connectivity index (χ0n) is 7.86. The normalized spacial score (nSPS) is 25.7. The second-order valence-corrected chi connectivity index (χ2v) is 3.61. The van der Waals surface area contributed by atoms with Gasteiger partial charge in [-0.3, -0.25) is 0 Å². The van der Waals surface area contributed by atoms with E-state index in [1.165, 1.54) is 12.0 Å². The summed E-state index contributed by atoms with van der Waals surface area (Å²) in [6.45, 7) is 0.816. The van der Waals surface area contributed by atoms with Crippen LogP contribution in [0.4, 0.5) is 0 Å². The van der Waals surface area contributed by atoms with Gasteiger partial charge < -0.3 is 10.5 Å². The second kappa shape index (κ2) is 3.38. The van der Waals surface area contributed by atoms with Crippen molar-refractivity contribution in [3.63, 3.8) is 0 Å². The van der Waals surface area contributed by atoms with Crippen molar-refractivity contribution in [2.24, 2.45) is 11.7 Å². The first-order valence-corrected chi connectivity index (χ1v) is 4.69. The first kappa shape index (κ1) is 8.57. The van der Waals surface area contributed by atoms with Crippen LogP contribution in [0.2, 0.25) is 0 Å². The molecule has 1 aromatic carbocycles. The number of methoxy groups -OCH3 is 1. The van der Waals surface area contributed by atoms with Crippen molar-refractivity contribution in [2.45, 2.75) is 12.3 Å². The lowest BCUT2D eigenvalue weighted by molar-refractivity contribution is 0.414. The van der Waals surface area contributed by atoms with Gasteiger partial charge in [0, 0.05) is 0 Å². The van der Waals surface area contributed by atoms with Crippen molar-refractivity contribution < 1.29 is 4.74 Å². The molecular formula is C11H15NO. The van der Waals surface area contributed by atoms with E-state index < -0.39 is 0 Å². The molecule has 0 bridgehead atoms. The van der Waals surface area contributed by atoms with Crippen molar-refractivity contribution in [1.29, 1.82) is 0 Å². The standard InChI is InChI=1S/C11H15NO/c1-13-10-4-2-8(3-5-10)11-6-9(11)7-12/h2-5,9,11H,6-7,12H2,1H3/t9-,11-/m1/s1. The van der Waals surface area contributed by atoms with E-state index >= 15 is 0 Å². The van der Waals surface area contributed by atoms with Gasteiger partial charge in [0.1, 0.15) is 5.75 Å². The molecule has 1 saturated carbocycles. The van der Waals surface area contributed by atoms with Gasteiger partial charge in [0.15, 0.2) is 0 Å². The summed E-state index contributed by atoms with van der Waals surface area (Å²) < 4.78 is 5.10. The number of rotatable bonds is 3. The lowest BCUT2D eigenvalue weighted by Crippen LogP contribution is -2.01. The molecule has 0 amide bonds. The van der Waals surface area contributed by atoms with Crippen LogP contribution in [0.1, 0.15) is 17.9 Å². The fourth-order valence-electron chi connectivity index (χ4n) is 1.77. The monoisotopic (exact) mass is 177 g/mol. The fourth-order valence-corrected chi connectivity index (χ4v) is 1.77. The Kier molecular flexibility index (Phi) is 2.23. The van der Waals surface area contributed by atoms with E-state index in [4.69, 9.17) is 10.5 Å². The molecule has 0 aliphatic heterocycles. The van der Waals surface area contributed by atoms with Crippen molar-refractivity contribution in [3.8, 4) is 5.75 Å². The maximum absolute atomic E-state index is 5.59. The van der Waals surface area contributed by atoms with Gasteiger partial charge in [0.05, 0.1) is 7.11 Å². The molecule has 1 aliphatic rings. The van der Waals surface area contributed by atoms with Gasteiger partial charge in [-0.25, -0.2) is 0 Å². The van der Waals surface area contributed by atoms with Gasteiger partial charge in [-0.05, 0) is 42.5 Å². The summed E-state index contributed by atoms with van der Waals surface area (Å²) in [4.78, 5) is 0. The molecule has 2 nitrogen and oxygen atoms in total. The van der Waals surface area contributed by atoms with Crippen molar-refractivity contribution in [1.82, 2.24) is 0 Å². The summed E-state index contributed by atoms with van der Waals surface area (Å²) in [6, 6.07) is 8.31. The fraction of sp³-hybridized carbons (Fsp3) is 0.455. The Labute approximate surface area is 78.7 Å². The molecular weight excluding hydrogens is 162 g/mol. The van der Waals surface area contributed by atoms with E-state index in [2.05, 4.69) is 12.1 Å². The van der Waals surface area contributed by atoms with Crippen molar-refractivity contribution in [3.05, 3.63) is 29.8 Å². The summed E-state index contributed by atoms with van der Waals surface area (Å²) in [5.74, 6) is 2.35. The zero-order valence-corrected chi connectivity index (χ0v) is 7.86. The van der Waals surface area contributed by atoms with E-state index in [0.717, 1.165) is 12.3 Å². The molecule has 2 heteroatoms. The third-order valence-corrected chi connectivity index (χ3v) is 2.77. The van der Waals surface area contributed by atoms with Crippen LogP contribution in [0.15, 0.2) is 24.3 Å². The minimum absolute atomic E-state index is 0.705. The van der Waals surface area contributed by atoms with Crippen LogP contribution >= 0.6 is 0 Å². The van der Waals surface area contributed by atoms with Crippen LogP contribution in [0.3, 0.4) is 0 Å². The van der Waals surface area contributed by atoms with Gasteiger partial charge in [-0.2, -0.15) is 0 Å². The summed E-state index contributed by atoms with van der Waals surface area (Å²) in [6.07, 6.45) is 1.25. The molecule has 0 heterocycles. The molecule has 0 saturated heterocycles. The lowest BCUT2D eigenvalue weighted by atomic mass is 10.1. The lowest BCUT2D eigenvalue weighted by Gasteiger charge is -2.01. The molecule has 2 rings (SSSR count). The summed E-state index contributed by atoms with van der Waals surface area (Å²) in [5, 5.41) is 0. The molecule has 13 heavy (non-hydrogen) atoms. The molecule has 0 unspecified atom stereocenters. The van der Waals surface area contributed by atoms with E-state index in [1.54, 1.807) is 7.11 Å². The first-order valence-electron chi connectivity index (χ1n) is 4.69. The average molecular weight is 177 g/mol. The molecule has 1 aromatic rings. The average Bonchev–Trinajstić information content (AvgIpc) is 2.97. The molecule has 2 atom stereocenters. The predicted molar refractivity (Wildman–Crippen MR) is 52.9 cm³/mol. The number of ether oxygens (including phenoxy) is 1. The minimum atomic E-state index is 0.705. The quantitative estimate of drug-likeness (QED) is 0.763. The Hall–Kier alpha value is -1.02. The highest BCUT2D eigenvalue weighted by Gasteiger charge is 2.36. The van der Waals surface area contributed by atoms with Gasteiger partial charge in [0.25, 0.3) is 0 Å². The van der Waals surface area contributed by atoms with E-state index in [0.29, 0.717) is 11.8 Å². The molecule has 2 N–H and O–H groups in total. The molecule has 0 spiro atoms. The molecule has 0 radical (unpaired) electrons. The number of nitrogens with two attached hydrogens (primary N) is 1. The van der Waals surface area contributed by atoms with Gasteiger partial charge in [-0.1, -0.05) is 12.1 Å². The van der Waals surface area contributed by atoms with E-state index in [-0.39, 0.29) is 0 Å². The molecule has 0 aromatic heterocycles. The Morgan fingerprint density at radius 3 is 2.54 bits per heavy atom. The Balaban J connectivity index is 2.07. The smallest absolute Gasteiger partial charge is 0.118 e. The van der Waals surface area contributed by atoms with E-state index in [1.807, 2.05) is 12.1 Å². The Morgan fingerprint density at radius 2 is 2.08 bits per heavy atom. The minimum Gasteiger partial charge on any atom is -0.497 e. The Bertz CT molecular complexity index is 281. The SMILES string of the molecule is COc1ccc([C@H]2C[C@@H]2CN)cc1. The Morgan fingerprint density at radius 1 is 1.38 bits per heavy atom. The summed E-state index contributed by atoms with van der Waals surface area (Å²) in [7, 11) is 1.69. The maximum atomic E-state index is 5.59. The highest BCUT2D eigenvalue weighted by atomic mass is 16.5. The van der Waals surface area contributed by atoms with Crippen LogP contribution in [-0.2, 0) is 0 Å². The summed E-state index contributed by atoms with van der Waals surface area (Å²) >= 11 is 0. The number of benzene rings is 1. The van der Waals surface area contributed by atoms with Crippen molar-refractivity contribution in [2.75, 3.05) is 13.7 Å². The topological polar surface area (TPSA) is 35.2 Å². The van der Waals surface area contributed by atoms with Gasteiger partial charge in [-0.15, -0.1) is 0 Å². The van der Waals surface area contributed by atoms with Crippen LogP contribution in [-0.4, -0.2) is 13.7 Å². The molecule has 1 aliphatic carbocycles. The highest BCUT2D eigenvalue weighted by molar-refractivity contribution is 5.32. The second-order valence-electron chi connectivity index (χ2n) is 3.61. The van der Waals surface area contributed by atoms with Crippen LogP contribution in [0.25, 0.3) is 0 Å². The van der Waals surface area contributed by atoms with Gasteiger partial charge in [0.2, 0.25) is 0 Å². The third kappa shape index (κ3) is 1.68. The van der Waals surface area contributed by atoms with Crippen LogP contribution in [0.5, 0.6) is 5.75 Å². The largest absolute Gasteiger partial charge is 0.497 e. The molecule has 70 valence electrons. The van der Waals surface area contributed by atoms with Crippen LogP contribution < -0.4 is 10.5 Å². The number of hydrogen-bond donors (Lipinski definition) is 1. The summed E-state index contributed by atoms with van der Waals surface area (Å²) in [5.41, 5.74) is 6.99. The van der Waals surface area contributed by atoms with Crippen LogP contribution in [0, 0.1) is 5.92 Å². The predicted octanol–water partition coefficient (Wildman–Crippen LogP) is 1.76. The maximum Gasteiger partial charge on any atom is 0.118 e. The first-order chi connectivity index (χ1) is 6.35. The van der Waals surface area contributed by atoms with Gasteiger partial charge >= 0.3 is 0 Å². The number of hydrogen-bond acceptors (Lipinski definition) is 2. The zero-order chi connectivity index (χ0) is 9.26. The third-order valence-electron chi connectivity index (χ3n) is 2.77. The molecule has 1 fully saturated rings. The van der Waals surface area contributed by atoms with Crippen molar-refractivity contribution >= 4 is 0 Å².